The van der Waals surface area contributed by atoms with Crippen LogP contribution in [0.2, 0.25) is 0 Å². The fraction of sp³-hybridized carbons (Fsp3) is 0.393. The summed E-state index contributed by atoms with van der Waals surface area (Å²) in [5.41, 5.74) is 3.23. The Bertz CT molecular complexity index is 1250. The van der Waals surface area contributed by atoms with E-state index in [2.05, 4.69) is 6.92 Å². The molecule has 0 saturated carbocycles. The minimum Gasteiger partial charge on any atom is -0.478 e. The van der Waals surface area contributed by atoms with Gasteiger partial charge in [0, 0.05) is 26.3 Å². The number of ether oxygens (including phenoxy) is 2. The van der Waals surface area contributed by atoms with Gasteiger partial charge < -0.3 is 14.6 Å². The van der Waals surface area contributed by atoms with Crippen molar-refractivity contribution < 1.29 is 24.2 Å². The van der Waals surface area contributed by atoms with Crippen LogP contribution in [0.25, 0.3) is 11.1 Å². The highest BCUT2D eigenvalue weighted by Crippen LogP contribution is 2.26. The van der Waals surface area contributed by atoms with Gasteiger partial charge in [-0.25, -0.2) is 14.2 Å². The van der Waals surface area contributed by atoms with Gasteiger partial charge in [0.15, 0.2) is 0 Å². The molecule has 1 heterocycles. The molecular formula is C28H34N2O6. The van der Waals surface area contributed by atoms with Crippen LogP contribution in [-0.2, 0) is 22.4 Å². The Labute approximate surface area is 211 Å². The molecule has 0 saturated heterocycles. The number of methoxy groups -OCH3 is 2. The van der Waals surface area contributed by atoms with E-state index in [4.69, 9.17) is 9.47 Å². The highest BCUT2D eigenvalue weighted by atomic mass is 16.7. The molecule has 8 heteroatoms. The van der Waals surface area contributed by atoms with Gasteiger partial charge in [-0.15, -0.1) is 0 Å². The lowest BCUT2D eigenvalue weighted by Crippen LogP contribution is -2.31. The second kappa shape index (κ2) is 12.5. The zero-order chi connectivity index (χ0) is 26.2. The predicted octanol–water partition coefficient (Wildman–Crippen LogP) is 5.14. The summed E-state index contributed by atoms with van der Waals surface area (Å²) in [5.74, 6) is -1.27. The van der Waals surface area contributed by atoms with Crippen LogP contribution in [-0.4, -0.2) is 40.3 Å². The number of carbonyl (C=O) groups is 2. The minimum absolute atomic E-state index is 0.227. The topological polar surface area (TPSA) is 99.8 Å². The van der Waals surface area contributed by atoms with Crippen molar-refractivity contribution in [3.8, 4) is 11.1 Å². The number of benzene rings is 2. The molecule has 0 spiro atoms. The molecule has 0 atom stereocenters. The van der Waals surface area contributed by atoms with Crippen molar-refractivity contribution >= 4 is 11.9 Å². The molecule has 0 amide bonds. The van der Waals surface area contributed by atoms with Crippen molar-refractivity contribution in [2.75, 3.05) is 14.2 Å². The molecular weight excluding hydrogens is 460 g/mol. The largest absolute Gasteiger partial charge is 0.478 e. The van der Waals surface area contributed by atoms with Crippen LogP contribution < -0.4 is 5.69 Å². The molecule has 1 aromatic heterocycles. The number of carbonyl (C=O) groups excluding carboxylic acids is 1. The van der Waals surface area contributed by atoms with Gasteiger partial charge in [-0.2, -0.15) is 0 Å². The number of aromatic carboxylic acids is 1. The van der Waals surface area contributed by atoms with Gasteiger partial charge in [-0.1, -0.05) is 62.7 Å². The maximum absolute atomic E-state index is 13.6. The fourth-order valence-electron chi connectivity index (χ4n) is 4.40. The number of imidazole rings is 1. The van der Waals surface area contributed by atoms with Gasteiger partial charge in [-0.05, 0) is 42.0 Å². The van der Waals surface area contributed by atoms with Gasteiger partial charge in [0.1, 0.15) is 5.69 Å². The Hall–Kier alpha value is -3.49. The molecule has 0 aliphatic carbocycles. The third-order valence-corrected chi connectivity index (χ3v) is 6.18. The highest BCUT2D eigenvalue weighted by Gasteiger charge is 2.29. The summed E-state index contributed by atoms with van der Waals surface area (Å²) in [6.45, 7) is 4.23. The first-order valence-corrected chi connectivity index (χ1v) is 12.2. The van der Waals surface area contributed by atoms with Crippen molar-refractivity contribution in [2.24, 2.45) is 0 Å². The van der Waals surface area contributed by atoms with E-state index in [9.17, 15) is 19.5 Å². The Morgan fingerprint density at radius 3 is 2.22 bits per heavy atom. The summed E-state index contributed by atoms with van der Waals surface area (Å²) < 4.78 is 13.8. The van der Waals surface area contributed by atoms with E-state index in [0.29, 0.717) is 24.1 Å². The summed E-state index contributed by atoms with van der Waals surface area (Å²) in [6.07, 6.45) is 2.36. The summed E-state index contributed by atoms with van der Waals surface area (Å²) in [4.78, 5) is 38.2. The number of aromatic nitrogens is 2. The first-order valence-electron chi connectivity index (χ1n) is 12.2. The molecule has 2 aromatic carbocycles. The van der Waals surface area contributed by atoms with Crippen LogP contribution in [0.4, 0.5) is 0 Å². The number of rotatable bonds is 12. The molecule has 8 nitrogen and oxygen atoms in total. The standard InChI is InChI=1S/C28H34N2O6/c1-5-7-13-23-25(27(35-3)36-4)30(24(31)10-6-2)28(34)29(23)18-19-14-16-20(17-15-19)21-11-8-9-12-22(21)26(32)33/h8-9,11-12,14-17,27H,5-7,10,13,18H2,1-4H3,(H,32,33). The van der Waals surface area contributed by atoms with Crippen molar-refractivity contribution in [1.82, 2.24) is 9.13 Å². The number of hydrogen-bond acceptors (Lipinski definition) is 5. The van der Waals surface area contributed by atoms with Gasteiger partial charge >= 0.3 is 11.7 Å². The molecule has 1 N–H and O–H groups in total. The second-order valence-electron chi connectivity index (χ2n) is 8.63. The number of carboxylic acid groups (broad SMARTS) is 1. The van der Waals surface area contributed by atoms with Crippen LogP contribution in [0.3, 0.4) is 0 Å². The first-order chi connectivity index (χ1) is 17.4. The van der Waals surface area contributed by atoms with E-state index in [-0.39, 0.29) is 24.4 Å². The van der Waals surface area contributed by atoms with E-state index in [1.54, 1.807) is 28.8 Å². The minimum atomic E-state index is -0.988. The van der Waals surface area contributed by atoms with Crippen LogP contribution >= 0.6 is 0 Å². The van der Waals surface area contributed by atoms with Gasteiger partial charge in [0.25, 0.3) is 0 Å². The zero-order valence-corrected chi connectivity index (χ0v) is 21.3. The van der Waals surface area contributed by atoms with Gasteiger partial charge in [-0.3, -0.25) is 9.36 Å². The molecule has 0 fully saturated rings. The van der Waals surface area contributed by atoms with E-state index < -0.39 is 17.9 Å². The Morgan fingerprint density at radius 2 is 1.64 bits per heavy atom. The molecule has 0 aliphatic heterocycles. The summed E-state index contributed by atoms with van der Waals surface area (Å²) in [5, 5.41) is 9.52. The lowest BCUT2D eigenvalue weighted by Gasteiger charge is -2.17. The van der Waals surface area contributed by atoms with Crippen molar-refractivity contribution in [3.05, 3.63) is 81.5 Å². The van der Waals surface area contributed by atoms with Crippen LogP contribution in [0.1, 0.15) is 77.9 Å². The fourth-order valence-corrected chi connectivity index (χ4v) is 4.40. The number of hydrogen-bond donors (Lipinski definition) is 1. The smallest absolute Gasteiger partial charge is 0.336 e. The lowest BCUT2D eigenvalue weighted by molar-refractivity contribution is -0.110. The molecule has 0 bridgehead atoms. The third-order valence-electron chi connectivity index (χ3n) is 6.18. The normalized spacial score (nSPS) is 11.2. The predicted molar refractivity (Wildman–Crippen MR) is 138 cm³/mol. The highest BCUT2D eigenvalue weighted by molar-refractivity contribution is 5.96. The summed E-state index contributed by atoms with van der Waals surface area (Å²) >= 11 is 0. The van der Waals surface area contributed by atoms with Crippen LogP contribution in [0, 0.1) is 0 Å². The van der Waals surface area contributed by atoms with Crippen molar-refractivity contribution in [2.45, 2.75) is 58.8 Å². The van der Waals surface area contributed by atoms with Crippen molar-refractivity contribution in [3.63, 3.8) is 0 Å². The first kappa shape index (κ1) is 27.1. The SMILES string of the molecule is CCCCc1c(C(OC)OC)n(C(=O)CCC)c(=O)n1Cc1ccc(-c2ccccc2C(=O)O)cc1. The number of carboxylic acids is 1. The monoisotopic (exact) mass is 494 g/mol. The maximum atomic E-state index is 13.6. The Kier molecular flexibility index (Phi) is 9.38. The third kappa shape index (κ3) is 5.66. The average Bonchev–Trinajstić information content (AvgIpc) is 3.15. The van der Waals surface area contributed by atoms with Crippen LogP contribution in [0.15, 0.2) is 53.3 Å². The second-order valence-corrected chi connectivity index (χ2v) is 8.63. The molecule has 3 aromatic rings. The van der Waals surface area contributed by atoms with Crippen LogP contribution in [0.5, 0.6) is 0 Å². The van der Waals surface area contributed by atoms with E-state index >= 15 is 0 Å². The molecule has 36 heavy (non-hydrogen) atoms. The summed E-state index contributed by atoms with van der Waals surface area (Å²) in [7, 11) is 2.98. The zero-order valence-electron chi connectivity index (χ0n) is 21.3. The molecule has 0 radical (unpaired) electrons. The van der Waals surface area contributed by atoms with E-state index in [1.165, 1.54) is 18.8 Å². The Balaban J connectivity index is 2.08. The summed E-state index contributed by atoms with van der Waals surface area (Å²) in [6, 6.07) is 14.3. The van der Waals surface area contributed by atoms with E-state index in [1.807, 2.05) is 31.2 Å². The number of unbranched alkanes of at least 4 members (excludes halogenated alkanes) is 1. The van der Waals surface area contributed by atoms with Gasteiger partial charge in [0.2, 0.25) is 12.2 Å². The molecule has 0 aliphatic rings. The quantitative estimate of drug-likeness (QED) is 0.350. The average molecular weight is 495 g/mol. The van der Waals surface area contributed by atoms with Gasteiger partial charge in [0.05, 0.1) is 12.1 Å². The molecule has 3 rings (SSSR count). The van der Waals surface area contributed by atoms with Crippen molar-refractivity contribution in [1.29, 1.82) is 0 Å². The lowest BCUT2D eigenvalue weighted by atomic mass is 9.98. The van der Waals surface area contributed by atoms with E-state index in [0.717, 1.165) is 29.7 Å². The molecule has 0 unspecified atom stereocenters. The maximum Gasteiger partial charge on any atom is 0.336 e. The Morgan fingerprint density at radius 1 is 0.972 bits per heavy atom. The molecule has 192 valence electrons. The number of nitrogens with zero attached hydrogens (tertiary/aromatic N) is 2.